The van der Waals surface area contributed by atoms with Gasteiger partial charge in [-0.1, -0.05) is 90.4 Å². The number of hydrogen-bond acceptors (Lipinski definition) is 5. The number of carbonyl (C=O) groups excluding carboxylic acids is 1. The standard InChI is InChI=1S/C20H38O7S.3Na.3H/c1-2-3-4-5-6-7-8-9-10-11-12-13-14-15-16-27-20(23)18(17-19(21)22)28(24,25)26;;;;;;/h18H,2-17H2,1H3,(H,21,22)(H,24,25,26);;;;;;/q;3*+1;3*-1. The van der Waals surface area contributed by atoms with Crippen molar-refractivity contribution in [2.75, 3.05) is 6.61 Å². The van der Waals surface area contributed by atoms with E-state index in [9.17, 15) is 18.0 Å². The van der Waals surface area contributed by atoms with Gasteiger partial charge < -0.3 is 14.1 Å². The SMILES string of the molecule is CCCCCCCCCCCCCCCCOC(=O)C(CC(=O)O)S(=O)(=O)O.[H-].[H-].[H-].[Na+].[Na+].[Na+]. The molecule has 1 atom stereocenters. The van der Waals surface area contributed by atoms with Crippen LogP contribution < -0.4 is 88.7 Å². The quantitative estimate of drug-likeness (QED) is 0.0816. The fourth-order valence-corrected chi connectivity index (χ4v) is 3.70. The second-order valence-corrected chi connectivity index (χ2v) is 8.96. The second-order valence-electron chi connectivity index (χ2n) is 7.37. The van der Waals surface area contributed by atoms with E-state index in [2.05, 4.69) is 6.92 Å². The number of esters is 1. The largest absolute Gasteiger partial charge is 1.00 e. The molecule has 0 aromatic rings. The summed E-state index contributed by atoms with van der Waals surface area (Å²) in [4.78, 5) is 22.2. The number of carboxylic acids is 1. The summed E-state index contributed by atoms with van der Waals surface area (Å²) in [5.41, 5.74) is 0. The first-order valence-electron chi connectivity index (χ1n) is 10.6. The van der Waals surface area contributed by atoms with Crippen molar-refractivity contribution in [2.45, 2.75) is 108 Å². The summed E-state index contributed by atoms with van der Waals surface area (Å²) in [5.74, 6) is -2.70. The molecule has 0 radical (unpaired) electrons. The molecule has 0 amide bonds. The maximum atomic E-state index is 11.6. The van der Waals surface area contributed by atoms with Gasteiger partial charge in [0.2, 0.25) is 0 Å². The van der Waals surface area contributed by atoms with E-state index in [1.54, 1.807) is 0 Å². The maximum absolute atomic E-state index is 11.6. The van der Waals surface area contributed by atoms with Gasteiger partial charge in [-0.2, -0.15) is 8.42 Å². The van der Waals surface area contributed by atoms with Crippen molar-refractivity contribution in [3.8, 4) is 0 Å². The second kappa shape index (κ2) is 26.5. The van der Waals surface area contributed by atoms with Crippen LogP contribution in [-0.2, 0) is 24.4 Å². The van der Waals surface area contributed by atoms with Crippen molar-refractivity contribution in [2.24, 2.45) is 0 Å². The molecule has 0 rings (SSSR count). The van der Waals surface area contributed by atoms with Gasteiger partial charge in [-0.3, -0.25) is 14.1 Å². The average molecular weight is 495 g/mol. The molecule has 0 aliphatic carbocycles. The van der Waals surface area contributed by atoms with E-state index in [0.29, 0.717) is 6.42 Å². The van der Waals surface area contributed by atoms with Crippen LogP contribution >= 0.6 is 0 Å². The van der Waals surface area contributed by atoms with Crippen molar-refractivity contribution >= 4 is 22.1 Å². The molecule has 172 valence electrons. The summed E-state index contributed by atoms with van der Waals surface area (Å²) in [6.45, 7) is 2.26. The van der Waals surface area contributed by atoms with E-state index in [1.807, 2.05) is 0 Å². The zero-order valence-corrected chi connectivity index (χ0v) is 27.1. The molecule has 0 aliphatic rings. The summed E-state index contributed by atoms with van der Waals surface area (Å²) in [5, 5.41) is 6.56. The number of rotatable bonds is 19. The van der Waals surface area contributed by atoms with Crippen molar-refractivity contribution in [3.63, 3.8) is 0 Å². The zero-order valence-electron chi connectivity index (χ0n) is 23.2. The predicted octanol–water partition coefficient (Wildman–Crippen LogP) is -3.91. The van der Waals surface area contributed by atoms with Crippen LogP contribution in [0.15, 0.2) is 0 Å². The normalized spacial score (nSPS) is 11.4. The van der Waals surface area contributed by atoms with E-state index >= 15 is 0 Å². The third-order valence-electron chi connectivity index (χ3n) is 4.72. The van der Waals surface area contributed by atoms with E-state index in [4.69, 9.17) is 14.4 Å². The summed E-state index contributed by atoms with van der Waals surface area (Å²) in [6, 6.07) is 0. The molecule has 0 aliphatic heterocycles. The molecule has 7 nitrogen and oxygen atoms in total. The Labute approximate surface area is 259 Å². The minimum absolute atomic E-state index is 0. The van der Waals surface area contributed by atoms with E-state index in [-0.39, 0.29) is 99.6 Å². The molecule has 0 aromatic heterocycles. The van der Waals surface area contributed by atoms with Gasteiger partial charge in [0, 0.05) is 0 Å². The topological polar surface area (TPSA) is 118 Å². The van der Waals surface area contributed by atoms with Gasteiger partial charge in [0.25, 0.3) is 10.1 Å². The fourth-order valence-electron chi connectivity index (χ4n) is 3.03. The van der Waals surface area contributed by atoms with Gasteiger partial charge in [-0.05, 0) is 6.42 Å². The first-order chi connectivity index (χ1) is 13.3. The Bertz CT molecular complexity index is 546. The molecule has 0 bridgehead atoms. The molecule has 1 unspecified atom stereocenters. The predicted molar refractivity (Wildman–Crippen MR) is 112 cm³/mol. The molecule has 31 heavy (non-hydrogen) atoms. The van der Waals surface area contributed by atoms with E-state index in [0.717, 1.165) is 19.3 Å². The van der Waals surface area contributed by atoms with Crippen LogP contribution in [0, 0.1) is 0 Å². The van der Waals surface area contributed by atoms with Crippen LogP contribution in [0.4, 0.5) is 0 Å². The Morgan fingerprint density at radius 1 is 0.774 bits per heavy atom. The molecule has 0 spiro atoms. The van der Waals surface area contributed by atoms with Gasteiger partial charge in [0.1, 0.15) is 0 Å². The number of aliphatic carboxylic acids is 1. The Morgan fingerprint density at radius 2 is 1.13 bits per heavy atom. The van der Waals surface area contributed by atoms with Gasteiger partial charge in [0.15, 0.2) is 5.25 Å². The molecule has 0 saturated carbocycles. The molecule has 11 heteroatoms. The van der Waals surface area contributed by atoms with Crippen molar-refractivity contribution in [1.82, 2.24) is 0 Å². The Balaban J connectivity index is -0.000000243. The molecule has 0 heterocycles. The summed E-state index contributed by atoms with van der Waals surface area (Å²) in [7, 11) is -4.79. The Morgan fingerprint density at radius 3 is 1.45 bits per heavy atom. The summed E-state index contributed by atoms with van der Waals surface area (Å²) in [6.07, 6.45) is 15.7. The summed E-state index contributed by atoms with van der Waals surface area (Å²) >= 11 is 0. The van der Waals surface area contributed by atoms with Crippen molar-refractivity contribution in [1.29, 1.82) is 0 Å². The number of carboxylic acid groups (broad SMARTS) is 1. The van der Waals surface area contributed by atoms with Crippen LogP contribution in [0.3, 0.4) is 0 Å². The van der Waals surface area contributed by atoms with Crippen LogP contribution in [0.2, 0.25) is 0 Å². The third kappa shape index (κ3) is 26.3. The molecule has 0 saturated heterocycles. The van der Waals surface area contributed by atoms with E-state index in [1.165, 1.54) is 64.2 Å². The first kappa shape index (κ1) is 40.0. The first-order valence-corrected chi connectivity index (χ1v) is 12.1. The Kier molecular flexibility index (Phi) is 34.2. The molecule has 0 aromatic carbocycles. The minimum atomic E-state index is -4.79. The fraction of sp³-hybridized carbons (Fsp3) is 0.900. The molecule has 2 N–H and O–H groups in total. The minimum Gasteiger partial charge on any atom is -1.00 e. The monoisotopic (exact) mass is 494 g/mol. The smallest absolute Gasteiger partial charge is 1.00 e. The van der Waals surface area contributed by atoms with E-state index < -0.39 is 33.7 Å². The Hall–Kier alpha value is 1.85. The van der Waals surface area contributed by atoms with Crippen LogP contribution in [0.25, 0.3) is 0 Å². The maximum Gasteiger partial charge on any atom is 1.00 e. The van der Waals surface area contributed by atoms with Crippen LogP contribution in [0.1, 0.15) is 108 Å². The average Bonchev–Trinajstić information content (AvgIpc) is 2.61. The van der Waals surface area contributed by atoms with Crippen LogP contribution in [0.5, 0.6) is 0 Å². The number of hydrogen-bond donors (Lipinski definition) is 2. The van der Waals surface area contributed by atoms with Crippen molar-refractivity contribution in [3.05, 3.63) is 0 Å². The zero-order chi connectivity index (χ0) is 21.3. The van der Waals surface area contributed by atoms with Gasteiger partial charge in [-0.25, -0.2) is 0 Å². The number of unbranched alkanes of at least 4 members (excludes halogenated alkanes) is 13. The number of ether oxygens (including phenoxy) is 1. The van der Waals surface area contributed by atoms with Crippen LogP contribution in [-0.4, -0.2) is 41.9 Å². The summed E-state index contributed by atoms with van der Waals surface area (Å²) < 4.78 is 35.8. The number of carbonyl (C=O) groups is 2. The third-order valence-corrected chi connectivity index (χ3v) is 5.80. The van der Waals surface area contributed by atoms with Gasteiger partial charge >= 0.3 is 101 Å². The van der Waals surface area contributed by atoms with Crippen molar-refractivity contribution < 1.29 is 125 Å². The molecule has 0 fully saturated rings. The van der Waals surface area contributed by atoms with Gasteiger partial charge in [0.05, 0.1) is 13.0 Å². The molecular formula is C20H41Na3O7S. The van der Waals surface area contributed by atoms with Gasteiger partial charge in [-0.15, -0.1) is 0 Å². The molecular weight excluding hydrogens is 453 g/mol.